The highest BCUT2D eigenvalue weighted by Gasteiger charge is 2.11. The lowest BCUT2D eigenvalue weighted by atomic mass is 10.3. The molecule has 2 aromatic rings. The van der Waals surface area contributed by atoms with Gasteiger partial charge in [0.2, 0.25) is 0 Å². The van der Waals surface area contributed by atoms with E-state index in [1.54, 1.807) is 6.07 Å². The molecule has 0 saturated heterocycles. The van der Waals surface area contributed by atoms with Crippen molar-refractivity contribution < 1.29 is 17.9 Å². The van der Waals surface area contributed by atoms with E-state index in [0.717, 1.165) is 12.1 Å². The minimum atomic E-state index is -3.01. The quantitative estimate of drug-likeness (QED) is 0.794. The molecule has 0 atom stereocenters. The first kappa shape index (κ1) is 13.4. The third-order valence-electron chi connectivity index (χ3n) is 1.96. The summed E-state index contributed by atoms with van der Waals surface area (Å²) < 4.78 is 44.0. The molecule has 8 heteroatoms. The molecule has 0 fully saturated rings. The molecule has 0 unspecified atom stereocenters. The molecule has 1 aromatic carbocycles. The molecule has 2 rings (SSSR count). The van der Waals surface area contributed by atoms with Gasteiger partial charge < -0.3 is 4.74 Å². The molecule has 0 aliphatic carbocycles. The van der Waals surface area contributed by atoms with E-state index >= 15 is 0 Å². The number of halogens is 5. The summed E-state index contributed by atoms with van der Waals surface area (Å²) in [6.07, 6.45) is 0. The number of aromatic nitrogens is 2. The molecule has 1 aromatic heterocycles. The molecule has 96 valence electrons. The van der Waals surface area contributed by atoms with Gasteiger partial charge in [-0.3, -0.25) is 0 Å². The fraction of sp³-hybridized carbons (Fsp3) is 0.100. The summed E-state index contributed by atoms with van der Waals surface area (Å²) in [5, 5.41) is 4.02. The lowest BCUT2D eigenvalue weighted by Gasteiger charge is -2.08. The highest BCUT2D eigenvalue weighted by molar-refractivity contribution is 9.11. The lowest BCUT2D eigenvalue weighted by Crippen LogP contribution is -2.04. The Balaban J connectivity index is 2.44. The van der Waals surface area contributed by atoms with E-state index in [0.29, 0.717) is 9.21 Å². The zero-order valence-electron chi connectivity index (χ0n) is 8.58. The van der Waals surface area contributed by atoms with Crippen molar-refractivity contribution in [3.05, 3.63) is 39.3 Å². The molecule has 0 amide bonds. The van der Waals surface area contributed by atoms with Crippen molar-refractivity contribution in [1.82, 2.24) is 9.78 Å². The van der Waals surface area contributed by atoms with Gasteiger partial charge in [0.1, 0.15) is 20.8 Å². The molecule has 3 nitrogen and oxygen atoms in total. The Morgan fingerprint density at radius 1 is 1.17 bits per heavy atom. The maximum Gasteiger partial charge on any atom is 0.387 e. The van der Waals surface area contributed by atoms with Crippen molar-refractivity contribution in [2.24, 2.45) is 0 Å². The summed E-state index contributed by atoms with van der Waals surface area (Å²) in [6, 6.07) is 4.93. The first-order valence-corrected chi connectivity index (χ1v) is 6.21. The zero-order valence-corrected chi connectivity index (χ0v) is 11.8. The van der Waals surface area contributed by atoms with Crippen molar-refractivity contribution in [3.63, 3.8) is 0 Å². The fourth-order valence-electron chi connectivity index (χ4n) is 1.35. The standard InChI is InChI=1S/C10H5Br2F3N2O/c11-8-4-9(12)17(16-8)6-1-5(13)2-7(3-6)18-10(14)15/h1-4,10H. The monoisotopic (exact) mass is 384 g/mol. The highest BCUT2D eigenvalue weighted by Crippen LogP contribution is 2.25. The van der Waals surface area contributed by atoms with Gasteiger partial charge in [0.15, 0.2) is 0 Å². The summed E-state index contributed by atoms with van der Waals surface area (Å²) in [4.78, 5) is 0. The molecule has 1 heterocycles. The molecule has 0 radical (unpaired) electrons. The van der Waals surface area contributed by atoms with Crippen LogP contribution in [0.25, 0.3) is 5.69 Å². The van der Waals surface area contributed by atoms with Crippen LogP contribution in [0, 0.1) is 5.82 Å². The maximum atomic E-state index is 13.3. The van der Waals surface area contributed by atoms with Crippen LogP contribution >= 0.6 is 31.9 Å². The number of alkyl halides is 2. The van der Waals surface area contributed by atoms with Crippen LogP contribution in [-0.4, -0.2) is 16.4 Å². The number of benzene rings is 1. The van der Waals surface area contributed by atoms with Crippen molar-refractivity contribution in [2.45, 2.75) is 6.61 Å². The Hall–Kier alpha value is -1.02. The van der Waals surface area contributed by atoms with Crippen LogP contribution in [0.4, 0.5) is 13.2 Å². The Morgan fingerprint density at radius 2 is 1.89 bits per heavy atom. The largest absolute Gasteiger partial charge is 0.435 e. The van der Waals surface area contributed by atoms with Crippen LogP contribution in [0.5, 0.6) is 5.75 Å². The SMILES string of the molecule is Fc1cc(OC(F)F)cc(-n2nc(Br)cc2Br)c1. The first-order valence-electron chi connectivity index (χ1n) is 4.62. The topological polar surface area (TPSA) is 27.1 Å². The summed E-state index contributed by atoms with van der Waals surface area (Å²) in [5.74, 6) is -0.958. The zero-order chi connectivity index (χ0) is 13.3. The van der Waals surface area contributed by atoms with Gasteiger partial charge >= 0.3 is 6.61 Å². The van der Waals surface area contributed by atoms with E-state index in [4.69, 9.17) is 0 Å². The number of nitrogens with zero attached hydrogens (tertiary/aromatic N) is 2. The van der Waals surface area contributed by atoms with Gasteiger partial charge in [-0.2, -0.15) is 13.9 Å². The average molecular weight is 386 g/mol. The molecular weight excluding hydrogens is 381 g/mol. The van der Waals surface area contributed by atoms with Crippen LogP contribution in [0.3, 0.4) is 0 Å². The van der Waals surface area contributed by atoms with Gasteiger partial charge in [-0.05, 0) is 37.9 Å². The van der Waals surface area contributed by atoms with Gasteiger partial charge in [-0.1, -0.05) is 0 Å². The predicted octanol–water partition coefficient (Wildman–Crippen LogP) is 4.14. The van der Waals surface area contributed by atoms with E-state index in [2.05, 4.69) is 41.7 Å². The normalized spacial score (nSPS) is 11.0. The summed E-state index contributed by atoms with van der Waals surface area (Å²) in [6.45, 7) is -3.01. The Kier molecular flexibility index (Phi) is 3.96. The molecule has 0 aliphatic rings. The van der Waals surface area contributed by atoms with Gasteiger partial charge in [0.05, 0.1) is 5.69 Å². The highest BCUT2D eigenvalue weighted by atomic mass is 79.9. The Bertz CT molecular complexity index is 574. The molecule has 0 bridgehead atoms. The molecule has 0 saturated carbocycles. The molecule has 0 aliphatic heterocycles. The third kappa shape index (κ3) is 3.05. The van der Waals surface area contributed by atoms with Gasteiger partial charge in [0, 0.05) is 18.2 Å². The summed E-state index contributed by atoms with van der Waals surface area (Å²) in [7, 11) is 0. The second kappa shape index (κ2) is 5.31. The summed E-state index contributed by atoms with van der Waals surface area (Å²) >= 11 is 6.36. The van der Waals surface area contributed by atoms with Gasteiger partial charge in [0.25, 0.3) is 0 Å². The first-order chi connectivity index (χ1) is 8.45. The van der Waals surface area contributed by atoms with Gasteiger partial charge in [-0.15, -0.1) is 0 Å². The minimum absolute atomic E-state index is 0.265. The van der Waals surface area contributed by atoms with Crippen molar-refractivity contribution >= 4 is 31.9 Å². The maximum absolute atomic E-state index is 13.3. The molecule has 0 N–H and O–H groups in total. The van der Waals surface area contributed by atoms with Crippen LogP contribution < -0.4 is 4.74 Å². The number of hydrogen-bond donors (Lipinski definition) is 0. The summed E-state index contributed by atoms with van der Waals surface area (Å²) in [5.41, 5.74) is 0.267. The van der Waals surface area contributed by atoms with E-state index in [-0.39, 0.29) is 11.4 Å². The minimum Gasteiger partial charge on any atom is -0.435 e. The molecule has 18 heavy (non-hydrogen) atoms. The van der Waals surface area contributed by atoms with Crippen LogP contribution in [-0.2, 0) is 0 Å². The van der Waals surface area contributed by atoms with Crippen molar-refractivity contribution in [2.75, 3.05) is 0 Å². The van der Waals surface area contributed by atoms with Gasteiger partial charge in [-0.25, -0.2) is 9.07 Å². The number of rotatable bonds is 3. The van der Waals surface area contributed by atoms with E-state index in [9.17, 15) is 13.2 Å². The van der Waals surface area contributed by atoms with Crippen molar-refractivity contribution in [3.8, 4) is 11.4 Å². The number of ether oxygens (including phenoxy) is 1. The van der Waals surface area contributed by atoms with Crippen molar-refractivity contribution in [1.29, 1.82) is 0 Å². The Labute approximate surface area is 117 Å². The third-order valence-corrected chi connectivity index (χ3v) is 2.91. The lowest BCUT2D eigenvalue weighted by molar-refractivity contribution is -0.0499. The van der Waals surface area contributed by atoms with Crippen LogP contribution in [0.15, 0.2) is 33.5 Å². The molecule has 0 spiro atoms. The smallest absolute Gasteiger partial charge is 0.387 e. The predicted molar refractivity (Wildman–Crippen MR) is 65.6 cm³/mol. The van der Waals surface area contributed by atoms with Crippen LogP contribution in [0.2, 0.25) is 0 Å². The van der Waals surface area contributed by atoms with E-state index < -0.39 is 12.4 Å². The Morgan fingerprint density at radius 3 is 2.44 bits per heavy atom. The van der Waals surface area contributed by atoms with E-state index in [1.807, 2.05) is 0 Å². The average Bonchev–Trinajstić information content (AvgIpc) is 2.55. The van der Waals surface area contributed by atoms with Crippen LogP contribution in [0.1, 0.15) is 0 Å². The fourth-order valence-corrected chi connectivity index (χ4v) is 2.54. The second-order valence-electron chi connectivity index (χ2n) is 3.23. The second-order valence-corrected chi connectivity index (χ2v) is 4.85. The number of hydrogen-bond acceptors (Lipinski definition) is 2. The van der Waals surface area contributed by atoms with E-state index in [1.165, 1.54) is 10.7 Å². The molecular formula is C10H5Br2F3N2O.